The Labute approximate surface area is 80.4 Å². The fraction of sp³-hybridized carbons (Fsp3) is 0.333. The minimum atomic E-state index is -0.723. The molecule has 5 heteroatoms. The lowest BCUT2D eigenvalue weighted by Crippen LogP contribution is -2.06. The van der Waals surface area contributed by atoms with Crippen LogP contribution in [0, 0.1) is 11.6 Å². The molecule has 0 saturated carbocycles. The van der Waals surface area contributed by atoms with Gasteiger partial charge in [0.2, 0.25) is 0 Å². The summed E-state index contributed by atoms with van der Waals surface area (Å²) in [6.45, 7) is 0.180. The van der Waals surface area contributed by atoms with E-state index in [0.717, 1.165) is 6.07 Å². The zero-order chi connectivity index (χ0) is 10.6. The Bertz CT molecular complexity index is 318. The molecule has 1 aromatic rings. The summed E-state index contributed by atoms with van der Waals surface area (Å²) >= 11 is 0. The summed E-state index contributed by atoms with van der Waals surface area (Å²) in [4.78, 5) is 4.32. The summed E-state index contributed by atoms with van der Waals surface area (Å²) in [5.41, 5.74) is 0.399. The van der Waals surface area contributed by atoms with E-state index in [4.69, 9.17) is 10.6 Å². The van der Waals surface area contributed by atoms with Crippen LogP contribution in [0.5, 0.6) is 5.75 Å². The molecule has 3 nitrogen and oxygen atoms in total. The van der Waals surface area contributed by atoms with Gasteiger partial charge < -0.3 is 9.57 Å². The van der Waals surface area contributed by atoms with Crippen LogP contribution >= 0.6 is 0 Å². The minimum Gasteiger partial charge on any atom is -0.493 e. The van der Waals surface area contributed by atoms with Crippen molar-refractivity contribution in [3.05, 3.63) is 29.3 Å². The molecule has 0 radical (unpaired) electrons. The molecule has 0 spiro atoms. The summed E-state index contributed by atoms with van der Waals surface area (Å²) in [5, 5.41) is 0. The number of nitrogens with two attached hydrogens (primary N) is 1. The molecule has 0 bridgehead atoms. The summed E-state index contributed by atoms with van der Waals surface area (Å²) in [5.74, 6) is 3.48. The van der Waals surface area contributed by atoms with Gasteiger partial charge in [0.15, 0.2) is 11.6 Å². The Morgan fingerprint density at radius 1 is 1.36 bits per heavy atom. The zero-order valence-corrected chi connectivity index (χ0v) is 7.72. The second kappa shape index (κ2) is 4.88. The van der Waals surface area contributed by atoms with E-state index < -0.39 is 11.6 Å². The van der Waals surface area contributed by atoms with Gasteiger partial charge in [-0.05, 0) is 6.07 Å². The first-order valence-corrected chi connectivity index (χ1v) is 4.02. The number of benzene rings is 1. The molecule has 14 heavy (non-hydrogen) atoms. The minimum absolute atomic E-state index is 0.0310. The lowest BCUT2D eigenvalue weighted by Gasteiger charge is -2.08. The normalized spacial score (nSPS) is 10.3. The van der Waals surface area contributed by atoms with Gasteiger partial charge in [-0.2, -0.15) is 0 Å². The Hall–Kier alpha value is -1.20. The maximum absolute atomic E-state index is 13.1. The molecule has 0 aromatic heterocycles. The summed E-state index contributed by atoms with van der Waals surface area (Å²) in [7, 11) is 1.32. The first-order valence-electron chi connectivity index (χ1n) is 4.02. The molecule has 2 N–H and O–H groups in total. The van der Waals surface area contributed by atoms with Crippen molar-refractivity contribution in [1.29, 1.82) is 0 Å². The third-order valence-corrected chi connectivity index (χ3v) is 1.78. The molecule has 1 rings (SSSR count). The van der Waals surface area contributed by atoms with E-state index in [0.29, 0.717) is 12.0 Å². The Kier molecular flexibility index (Phi) is 3.79. The Morgan fingerprint density at radius 3 is 2.64 bits per heavy atom. The van der Waals surface area contributed by atoms with E-state index in [2.05, 4.69) is 4.84 Å². The van der Waals surface area contributed by atoms with Gasteiger partial charge in [-0.15, -0.1) is 0 Å². The third kappa shape index (κ3) is 2.40. The van der Waals surface area contributed by atoms with E-state index in [1.807, 2.05) is 0 Å². The predicted molar refractivity (Wildman–Crippen MR) is 46.8 cm³/mol. The van der Waals surface area contributed by atoms with Crippen LogP contribution in [0.4, 0.5) is 8.78 Å². The molecule has 78 valence electrons. The van der Waals surface area contributed by atoms with Crippen LogP contribution in [0.2, 0.25) is 0 Å². The molecule has 0 atom stereocenters. The van der Waals surface area contributed by atoms with Crippen molar-refractivity contribution in [2.24, 2.45) is 5.90 Å². The number of hydrogen-bond acceptors (Lipinski definition) is 3. The van der Waals surface area contributed by atoms with Crippen LogP contribution in [-0.4, -0.2) is 13.7 Å². The maximum Gasteiger partial charge on any atom is 0.168 e. The van der Waals surface area contributed by atoms with Crippen LogP contribution in [0.1, 0.15) is 5.56 Å². The number of rotatable bonds is 4. The summed E-state index contributed by atoms with van der Waals surface area (Å²) in [6, 6.07) is 1.96. The van der Waals surface area contributed by atoms with E-state index in [-0.39, 0.29) is 12.4 Å². The van der Waals surface area contributed by atoms with Gasteiger partial charge in [-0.1, -0.05) is 0 Å². The molecule has 0 fully saturated rings. The molecule has 0 unspecified atom stereocenters. The standard InChI is InChI=1S/C9H11F2NO2/c1-13-9-6(2-3-14-12)4-7(10)5-8(9)11/h4-5H,2-3,12H2,1H3. The van der Waals surface area contributed by atoms with E-state index >= 15 is 0 Å². The summed E-state index contributed by atoms with van der Waals surface area (Å²) < 4.78 is 30.7. The topological polar surface area (TPSA) is 44.5 Å². The Balaban J connectivity index is 2.99. The van der Waals surface area contributed by atoms with Crippen LogP contribution < -0.4 is 10.6 Å². The van der Waals surface area contributed by atoms with Crippen molar-refractivity contribution in [1.82, 2.24) is 0 Å². The SMILES string of the molecule is COc1c(F)cc(F)cc1CCON. The van der Waals surface area contributed by atoms with Crippen LogP contribution in [0.3, 0.4) is 0 Å². The quantitative estimate of drug-likeness (QED) is 0.752. The average Bonchev–Trinajstić information content (AvgIpc) is 2.14. The van der Waals surface area contributed by atoms with E-state index in [9.17, 15) is 8.78 Å². The van der Waals surface area contributed by atoms with Crippen molar-refractivity contribution in [2.75, 3.05) is 13.7 Å². The molecule has 0 amide bonds. The third-order valence-electron chi connectivity index (χ3n) is 1.78. The second-order valence-corrected chi connectivity index (χ2v) is 2.70. The second-order valence-electron chi connectivity index (χ2n) is 2.70. The zero-order valence-electron chi connectivity index (χ0n) is 7.72. The van der Waals surface area contributed by atoms with Gasteiger partial charge in [0.1, 0.15) is 5.82 Å². The first-order chi connectivity index (χ1) is 6.69. The van der Waals surface area contributed by atoms with Crippen molar-refractivity contribution >= 4 is 0 Å². The molecule has 0 aliphatic rings. The van der Waals surface area contributed by atoms with E-state index in [1.54, 1.807) is 0 Å². The Morgan fingerprint density at radius 2 is 2.07 bits per heavy atom. The van der Waals surface area contributed by atoms with Gasteiger partial charge in [-0.25, -0.2) is 14.7 Å². The highest BCUT2D eigenvalue weighted by atomic mass is 19.1. The monoisotopic (exact) mass is 203 g/mol. The first kappa shape index (κ1) is 10.9. The van der Waals surface area contributed by atoms with Crippen molar-refractivity contribution in [3.8, 4) is 5.75 Å². The van der Waals surface area contributed by atoms with Gasteiger partial charge in [0, 0.05) is 18.1 Å². The lowest BCUT2D eigenvalue weighted by atomic mass is 10.1. The van der Waals surface area contributed by atoms with Crippen LogP contribution in [0.25, 0.3) is 0 Å². The molecule has 0 heterocycles. The number of methoxy groups -OCH3 is 1. The smallest absolute Gasteiger partial charge is 0.168 e. The highest BCUT2D eigenvalue weighted by Gasteiger charge is 2.11. The average molecular weight is 203 g/mol. The van der Waals surface area contributed by atoms with Gasteiger partial charge in [0.05, 0.1) is 13.7 Å². The van der Waals surface area contributed by atoms with E-state index in [1.165, 1.54) is 13.2 Å². The predicted octanol–water partition coefficient (Wildman–Crippen LogP) is 1.41. The molecule has 0 aliphatic heterocycles. The largest absolute Gasteiger partial charge is 0.493 e. The van der Waals surface area contributed by atoms with Gasteiger partial charge in [0.25, 0.3) is 0 Å². The molecule has 1 aromatic carbocycles. The number of ether oxygens (including phenoxy) is 1. The summed E-state index contributed by atoms with van der Waals surface area (Å²) in [6.07, 6.45) is 0.300. The maximum atomic E-state index is 13.1. The molecular weight excluding hydrogens is 192 g/mol. The van der Waals surface area contributed by atoms with Crippen LogP contribution in [0.15, 0.2) is 12.1 Å². The highest BCUT2D eigenvalue weighted by molar-refractivity contribution is 5.35. The van der Waals surface area contributed by atoms with Crippen LogP contribution in [-0.2, 0) is 11.3 Å². The molecule has 0 saturated heterocycles. The van der Waals surface area contributed by atoms with Crippen molar-refractivity contribution in [3.63, 3.8) is 0 Å². The molecular formula is C9H11F2NO2. The number of halogens is 2. The van der Waals surface area contributed by atoms with Gasteiger partial charge in [-0.3, -0.25) is 0 Å². The highest BCUT2D eigenvalue weighted by Crippen LogP contribution is 2.24. The number of hydrogen-bond donors (Lipinski definition) is 1. The van der Waals surface area contributed by atoms with Gasteiger partial charge >= 0.3 is 0 Å². The van der Waals surface area contributed by atoms with Crippen molar-refractivity contribution in [2.45, 2.75) is 6.42 Å². The van der Waals surface area contributed by atoms with Crippen molar-refractivity contribution < 1.29 is 18.4 Å². The molecule has 0 aliphatic carbocycles. The fourth-order valence-electron chi connectivity index (χ4n) is 1.20. The lowest BCUT2D eigenvalue weighted by molar-refractivity contribution is 0.140. The fourth-order valence-corrected chi connectivity index (χ4v) is 1.20.